The van der Waals surface area contributed by atoms with Gasteiger partial charge in [-0.15, -0.1) is 0 Å². The Morgan fingerprint density at radius 3 is 2.38 bits per heavy atom. The van der Waals surface area contributed by atoms with Crippen LogP contribution >= 0.6 is 0 Å². The van der Waals surface area contributed by atoms with Gasteiger partial charge in [0.25, 0.3) is 0 Å². The molecule has 0 spiro atoms. The van der Waals surface area contributed by atoms with Gasteiger partial charge in [-0.1, -0.05) is 26.7 Å². The van der Waals surface area contributed by atoms with Crippen molar-refractivity contribution in [3.8, 4) is 5.75 Å². The number of benzene rings is 1. The van der Waals surface area contributed by atoms with Gasteiger partial charge in [0.15, 0.2) is 11.6 Å². The van der Waals surface area contributed by atoms with Crippen molar-refractivity contribution in [2.24, 2.45) is 0 Å². The van der Waals surface area contributed by atoms with Crippen molar-refractivity contribution in [2.45, 2.75) is 45.6 Å². The molecule has 1 rings (SSSR count). The third-order valence-corrected chi connectivity index (χ3v) is 2.59. The van der Waals surface area contributed by atoms with Gasteiger partial charge >= 0.3 is 0 Å². The van der Waals surface area contributed by atoms with E-state index in [4.69, 9.17) is 5.11 Å². The molecule has 2 nitrogen and oxygen atoms in total. The van der Waals surface area contributed by atoms with Crippen LogP contribution in [0.25, 0.3) is 0 Å². The lowest BCUT2D eigenvalue weighted by atomic mass is 10.1. The Hall–Kier alpha value is -1.25. The number of phenols is 1. The predicted octanol–water partition coefficient (Wildman–Crippen LogP) is 3.91. The van der Waals surface area contributed by atoms with Crippen LogP contribution in [0.4, 0.5) is 10.1 Å². The van der Waals surface area contributed by atoms with Crippen molar-refractivity contribution in [3.63, 3.8) is 0 Å². The molecule has 3 heteroatoms. The molecule has 0 radical (unpaired) electrons. The van der Waals surface area contributed by atoms with Gasteiger partial charge in [0.1, 0.15) is 0 Å². The highest BCUT2D eigenvalue weighted by Gasteiger charge is 2.08. The van der Waals surface area contributed by atoms with E-state index in [2.05, 4.69) is 19.2 Å². The zero-order valence-corrected chi connectivity index (χ0v) is 9.96. The normalized spacial score (nSPS) is 10.8. The summed E-state index contributed by atoms with van der Waals surface area (Å²) in [5.74, 6) is -0.871. The van der Waals surface area contributed by atoms with Crippen LogP contribution in [0, 0.1) is 5.82 Å². The summed E-state index contributed by atoms with van der Waals surface area (Å²) in [4.78, 5) is 0. The molecule has 0 fully saturated rings. The highest BCUT2D eigenvalue weighted by molar-refractivity contribution is 5.47. The van der Waals surface area contributed by atoms with Gasteiger partial charge in [0.2, 0.25) is 0 Å². The van der Waals surface area contributed by atoms with E-state index in [9.17, 15) is 4.39 Å². The Morgan fingerprint density at radius 1 is 1.25 bits per heavy atom. The lowest BCUT2D eigenvalue weighted by Crippen LogP contribution is -2.18. The van der Waals surface area contributed by atoms with Gasteiger partial charge in [-0.25, -0.2) is 4.39 Å². The van der Waals surface area contributed by atoms with E-state index in [0.29, 0.717) is 6.04 Å². The third-order valence-electron chi connectivity index (χ3n) is 2.59. The van der Waals surface area contributed by atoms with Crippen molar-refractivity contribution < 1.29 is 9.50 Å². The molecule has 16 heavy (non-hydrogen) atoms. The molecule has 0 amide bonds. The molecule has 0 aliphatic carbocycles. The van der Waals surface area contributed by atoms with Gasteiger partial charge in [-0.3, -0.25) is 0 Å². The molecule has 0 aliphatic heterocycles. The average Bonchev–Trinajstić information content (AvgIpc) is 2.24. The Morgan fingerprint density at radius 2 is 1.88 bits per heavy atom. The summed E-state index contributed by atoms with van der Waals surface area (Å²) in [5.41, 5.74) is 0.738. The van der Waals surface area contributed by atoms with Gasteiger partial charge in [-0.05, 0) is 25.0 Å². The number of aromatic hydroxyl groups is 1. The first-order valence-corrected chi connectivity index (χ1v) is 5.92. The minimum absolute atomic E-state index is 0.298. The number of hydrogen-bond donors (Lipinski definition) is 2. The average molecular weight is 225 g/mol. The third kappa shape index (κ3) is 3.72. The minimum atomic E-state index is -0.572. The van der Waals surface area contributed by atoms with E-state index >= 15 is 0 Å². The van der Waals surface area contributed by atoms with E-state index in [-0.39, 0.29) is 5.75 Å². The van der Waals surface area contributed by atoms with E-state index in [1.54, 1.807) is 6.07 Å². The fourth-order valence-electron chi connectivity index (χ4n) is 1.82. The van der Waals surface area contributed by atoms with Crippen LogP contribution in [-0.2, 0) is 0 Å². The molecule has 0 unspecified atom stereocenters. The monoisotopic (exact) mass is 225 g/mol. The van der Waals surface area contributed by atoms with Gasteiger partial charge in [-0.2, -0.15) is 0 Å². The number of halogens is 1. The standard InChI is InChI=1S/C13H20FNO/c1-3-5-10(6-4-2)15-11-7-8-13(16)12(14)9-11/h7-10,15-16H,3-6H2,1-2H3. The zero-order chi connectivity index (χ0) is 12.0. The van der Waals surface area contributed by atoms with Gasteiger partial charge < -0.3 is 10.4 Å². The second-order valence-corrected chi connectivity index (χ2v) is 4.08. The van der Waals surface area contributed by atoms with Crippen LogP contribution in [0.3, 0.4) is 0 Å². The zero-order valence-electron chi connectivity index (χ0n) is 9.96. The summed E-state index contributed by atoms with van der Waals surface area (Å²) in [6, 6.07) is 4.82. The molecule has 0 aliphatic rings. The van der Waals surface area contributed by atoms with Crippen LogP contribution in [0.1, 0.15) is 39.5 Å². The lowest BCUT2D eigenvalue weighted by molar-refractivity contribution is 0.432. The molecule has 1 aromatic carbocycles. The van der Waals surface area contributed by atoms with E-state index in [1.165, 1.54) is 12.1 Å². The quantitative estimate of drug-likeness (QED) is 0.719. The van der Waals surface area contributed by atoms with Crippen LogP contribution < -0.4 is 5.32 Å². The summed E-state index contributed by atoms with van der Waals surface area (Å²) in [6.07, 6.45) is 4.38. The molecule has 0 heterocycles. The molecule has 0 atom stereocenters. The Bertz CT molecular complexity index is 322. The predicted molar refractivity (Wildman–Crippen MR) is 65.3 cm³/mol. The molecule has 2 N–H and O–H groups in total. The second-order valence-electron chi connectivity index (χ2n) is 4.08. The number of phenolic OH excluding ortho intramolecular Hbond substituents is 1. The first-order chi connectivity index (χ1) is 7.67. The lowest BCUT2D eigenvalue weighted by Gasteiger charge is -2.18. The SMILES string of the molecule is CCCC(CCC)Nc1ccc(O)c(F)c1. The molecule has 0 saturated carbocycles. The fourth-order valence-corrected chi connectivity index (χ4v) is 1.82. The highest BCUT2D eigenvalue weighted by atomic mass is 19.1. The van der Waals surface area contributed by atoms with E-state index in [1.807, 2.05) is 0 Å². The summed E-state index contributed by atoms with van der Waals surface area (Å²) < 4.78 is 13.1. The van der Waals surface area contributed by atoms with Crippen molar-refractivity contribution in [1.29, 1.82) is 0 Å². The van der Waals surface area contributed by atoms with Crippen molar-refractivity contribution in [3.05, 3.63) is 24.0 Å². The first kappa shape index (κ1) is 12.8. The molecule has 90 valence electrons. The number of nitrogens with one attached hydrogen (secondary N) is 1. The minimum Gasteiger partial charge on any atom is -0.505 e. The second kappa shape index (κ2) is 6.36. The summed E-state index contributed by atoms with van der Waals surface area (Å²) in [7, 11) is 0. The number of anilines is 1. The summed E-state index contributed by atoms with van der Waals surface area (Å²) in [5, 5.41) is 12.4. The molecule has 0 bridgehead atoms. The molecule has 1 aromatic rings. The topological polar surface area (TPSA) is 32.3 Å². The van der Waals surface area contributed by atoms with Gasteiger partial charge in [0.05, 0.1) is 0 Å². The Kier molecular flexibility index (Phi) is 5.09. The maximum Gasteiger partial charge on any atom is 0.166 e. The molecular weight excluding hydrogens is 205 g/mol. The van der Waals surface area contributed by atoms with Crippen molar-refractivity contribution in [2.75, 3.05) is 5.32 Å². The fraction of sp³-hybridized carbons (Fsp3) is 0.538. The summed E-state index contributed by atoms with van der Waals surface area (Å²) in [6.45, 7) is 4.28. The number of rotatable bonds is 6. The van der Waals surface area contributed by atoms with E-state index < -0.39 is 5.82 Å². The van der Waals surface area contributed by atoms with Crippen LogP contribution in [-0.4, -0.2) is 11.1 Å². The van der Waals surface area contributed by atoms with Crippen LogP contribution in [0.5, 0.6) is 5.75 Å². The van der Waals surface area contributed by atoms with Crippen molar-refractivity contribution >= 4 is 5.69 Å². The molecule has 0 aromatic heterocycles. The maximum absolute atomic E-state index is 13.1. The largest absolute Gasteiger partial charge is 0.505 e. The maximum atomic E-state index is 13.1. The smallest absolute Gasteiger partial charge is 0.166 e. The Labute approximate surface area is 96.5 Å². The van der Waals surface area contributed by atoms with Gasteiger partial charge in [0, 0.05) is 17.8 Å². The Balaban J connectivity index is 2.65. The molecule has 0 saturated heterocycles. The van der Waals surface area contributed by atoms with Crippen LogP contribution in [0.15, 0.2) is 18.2 Å². The van der Waals surface area contributed by atoms with E-state index in [0.717, 1.165) is 31.4 Å². The van der Waals surface area contributed by atoms with Crippen molar-refractivity contribution in [1.82, 2.24) is 0 Å². The van der Waals surface area contributed by atoms with Crippen LogP contribution in [0.2, 0.25) is 0 Å². The summed E-state index contributed by atoms with van der Waals surface area (Å²) >= 11 is 0. The first-order valence-electron chi connectivity index (χ1n) is 5.92. The number of hydrogen-bond acceptors (Lipinski definition) is 2. The highest BCUT2D eigenvalue weighted by Crippen LogP contribution is 2.21. The molecular formula is C13H20FNO.